The Labute approximate surface area is 149 Å². The van der Waals surface area contributed by atoms with Crippen molar-refractivity contribution in [2.24, 2.45) is 0 Å². The van der Waals surface area contributed by atoms with Gasteiger partial charge >= 0.3 is 5.69 Å². The number of hydrogen-bond donors (Lipinski definition) is 1. The monoisotopic (exact) mass is 346 g/mol. The first-order chi connectivity index (χ1) is 12.5. The van der Waals surface area contributed by atoms with Gasteiger partial charge in [0.15, 0.2) is 5.65 Å². The third-order valence-electron chi connectivity index (χ3n) is 4.58. The van der Waals surface area contributed by atoms with Crippen LogP contribution in [-0.4, -0.2) is 39.5 Å². The number of carbonyl (C=O) groups is 1. The quantitative estimate of drug-likeness (QED) is 0.607. The lowest BCUT2D eigenvalue weighted by Crippen LogP contribution is -2.21. The summed E-state index contributed by atoms with van der Waals surface area (Å²) in [6.45, 7) is 2.00. The summed E-state index contributed by atoms with van der Waals surface area (Å²) in [4.78, 5) is 25.7. The van der Waals surface area contributed by atoms with Crippen LogP contribution in [0.3, 0.4) is 0 Å². The molecule has 4 aromatic rings. The van der Waals surface area contributed by atoms with Gasteiger partial charge in [-0.25, -0.2) is 14.3 Å². The van der Waals surface area contributed by atoms with Gasteiger partial charge in [-0.05, 0) is 47.9 Å². The van der Waals surface area contributed by atoms with Crippen molar-refractivity contribution in [3.8, 4) is 11.1 Å². The Balaban J connectivity index is 1.87. The molecule has 2 aromatic heterocycles. The Morgan fingerprint density at radius 2 is 1.73 bits per heavy atom. The highest BCUT2D eigenvalue weighted by molar-refractivity contribution is 5.95. The largest absolute Gasteiger partial charge is 0.348 e. The van der Waals surface area contributed by atoms with Crippen LogP contribution >= 0.6 is 0 Å². The molecule has 0 radical (unpaired) electrons. The van der Waals surface area contributed by atoms with Crippen molar-refractivity contribution in [1.82, 2.24) is 19.5 Å². The molecule has 130 valence electrons. The lowest BCUT2D eigenvalue weighted by molar-refractivity contribution is 0.0827. The van der Waals surface area contributed by atoms with E-state index < -0.39 is 0 Å². The summed E-state index contributed by atoms with van der Waals surface area (Å²) < 4.78 is 1.58. The molecule has 26 heavy (non-hydrogen) atoms. The van der Waals surface area contributed by atoms with Crippen molar-refractivity contribution >= 4 is 22.5 Å². The average molecular weight is 346 g/mol. The van der Waals surface area contributed by atoms with Crippen LogP contribution < -0.4 is 5.69 Å². The summed E-state index contributed by atoms with van der Waals surface area (Å²) in [6, 6.07) is 15.4. The number of aryl methyl sites for hydroxylation is 1. The molecule has 0 aliphatic carbocycles. The van der Waals surface area contributed by atoms with E-state index in [9.17, 15) is 9.59 Å². The van der Waals surface area contributed by atoms with Crippen LogP contribution in [-0.2, 0) is 0 Å². The zero-order valence-corrected chi connectivity index (χ0v) is 14.8. The summed E-state index contributed by atoms with van der Waals surface area (Å²) in [5, 5.41) is 7.57. The fraction of sp³-hybridized carbons (Fsp3) is 0.150. The average Bonchev–Trinajstić information content (AvgIpc) is 3.01. The van der Waals surface area contributed by atoms with Gasteiger partial charge in [-0.15, -0.1) is 0 Å². The van der Waals surface area contributed by atoms with E-state index in [-0.39, 0.29) is 11.6 Å². The molecule has 2 heterocycles. The number of carbonyl (C=O) groups excluding carboxylic acids is 1. The van der Waals surface area contributed by atoms with E-state index in [1.54, 1.807) is 23.4 Å². The predicted octanol–water partition coefficient (Wildman–Crippen LogP) is 2.85. The van der Waals surface area contributed by atoms with Gasteiger partial charge in [0.1, 0.15) is 0 Å². The Hall–Kier alpha value is -3.41. The van der Waals surface area contributed by atoms with Gasteiger partial charge in [-0.3, -0.25) is 4.79 Å². The lowest BCUT2D eigenvalue weighted by Gasteiger charge is -2.11. The van der Waals surface area contributed by atoms with Crippen molar-refractivity contribution in [1.29, 1.82) is 0 Å². The minimum atomic E-state index is -0.255. The van der Waals surface area contributed by atoms with Crippen molar-refractivity contribution in [2.75, 3.05) is 14.1 Å². The van der Waals surface area contributed by atoms with E-state index in [1.165, 1.54) is 0 Å². The molecule has 0 bridgehead atoms. The van der Waals surface area contributed by atoms with Gasteiger partial charge < -0.3 is 4.90 Å². The number of aromatic amines is 1. The van der Waals surface area contributed by atoms with Crippen LogP contribution in [0.2, 0.25) is 0 Å². The molecule has 0 fully saturated rings. The first-order valence-corrected chi connectivity index (χ1v) is 8.28. The normalized spacial score (nSPS) is 11.2. The minimum absolute atomic E-state index is 0.0302. The third kappa shape index (κ3) is 2.47. The molecule has 1 N–H and O–H groups in total. The fourth-order valence-corrected chi connectivity index (χ4v) is 3.20. The second kappa shape index (κ2) is 5.84. The molecule has 0 saturated carbocycles. The summed E-state index contributed by atoms with van der Waals surface area (Å²) in [5.41, 5.74) is 4.81. The second-order valence-corrected chi connectivity index (χ2v) is 6.56. The van der Waals surface area contributed by atoms with Gasteiger partial charge in [0.2, 0.25) is 0 Å². The first kappa shape index (κ1) is 16.1. The van der Waals surface area contributed by atoms with Crippen LogP contribution in [0.25, 0.3) is 27.7 Å². The van der Waals surface area contributed by atoms with Gasteiger partial charge in [-0.1, -0.05) is 24.3 Å². The number of pyridine rings is 1. The smallest absolute Gasteiger partial charge is 0.345 e. The zero-order chi connectivity index (χ0) is 18.4. The summed E-state index contributed by atoms with van der Waals surface area (Å²) in [7, 11) is 3.46. The standard InChI is InChI=1S/C20H18N4O2/c1-12-10-18-21-22-20(26)24(18)17-11-15(8-9-16(12)17)13-4-6-14(7-5-13)19(25)23(2)3/h4-11H,1-3H3,(H,22,26). The van der Waals surface area contributed by atoms with Gasteiger partial charge in [0, 0.05) is 25.0 Å². The molecule has 0 atom stereocenters. The number of fused-ring (bicyclic) bond motifs is 3. The van der Waals surface area contributed by atoms with E-state index >= 15 is 0 Å². The predicted molar refractivity (Wildman–Crippen MR) is 102 cm³/mol. The molecule has 2 aromatic carbocycles. The topological polar surface area (TPSA) is 70.5 Å². The van der Waals surface area contributed by atoms with E-state index in [0.717, 1.165) is 27.6 Å². The molecule has 0 spiro atoms. The van der Waals surface area contributed by atoms with Gasteiger partial charge in [0.25, 0.3) is 5.91 Å². The SMILES string of the molecule is Cc1cc2n[nH]c(=O)n2c2cc(-c3ccc(C(=O)N(C)C)cc3)ccc12. The van der Waals surface area contributed by atoms with Crippen LogP contribution in [0, 0.1) is 6.92 Å². The Kier molecular flexibility index (Phi) is 3.61. The number of amides is 1. The number of benzene rings is 2. The van der Waals surface area contributed by atoms with Crippen LogP contribution in [0.15, 0.2) is 53.3 Å². The number of nitrogens with one attached hydrogen (secondary N) is 1. The maximum Gasteiger partial charge on any atom is 0.348 e. The highest BCUT2D eigenvalue weighted by Crippen LogP contribution is 2.27. The molecule has 6 heteroatoms. The van der Waals surface area contributed by atoms with Crippen LogP contribution in [0.4, 0.5) is 0 Å². The van der Waals surface area contributed by atoms with E-state index in [2.05, 4.69) is 10.2 Å². The number of aromatic nitrogens is 3. The summed E-state index contributed by atoms with van der Waals surface area (Å²) in [5.74, 6) is -0.0302. The lowest BCUT2D eigenvalue weighted by atomic mass is 10.0. The molecule has 0 saturated heterocycles. The van der Waals surface area contributed by atoms with Gasteiger partial charge in [-0.2, -0.15) is 5.10 Å². The molecular formula is C20H18N4O2. The maximum atomic E-state index is 12.1. The molecule has 6 nitrogen and oxygen atoms in total. The van der Waals surface area contributed by atoms with E-state index in [4.69, 9.17) is 0 Å². The molecule has 1 amide bonds. The highest BCUT2D eigenvalue weighted by atomic mass is 16.2. The third-order valence-corrected chi connectivity index (χ3v) is 4.58. The Morgan fingerprint density at radius 1 is 1.04 bits per heavy atom. The second-order valence-electron chi connectivity index (χ2n) is 6.56. The minimum Gasteiger partial charge on any atom is -0.345 e. The summed E-state index contributed by atoms with van der Waals surface area (Å²) >= 11 is 0. The highest BCUT2D eigenvalue weighted by Gasteiger charge is 2.11. The number of H-pyrrole nitrogens is 1. The molecule has 0 aliphatic heterocycles. The molecule has 4 rings (SSSR count). The molecule has 0 aliphatic rings. The van der Waals surface area contributed by atoms with Crippen molar-refractivity contribution in [3.05, 3.63) is 70.1 Å². The van der Waals surface area contributed by atoms with Gasteiger partial charge in [0.05, 0.1) is 5.52 Å². The Bertz CT molecular complexity index is 1200. The van der Waals surface area contributed by atoms with Crippen LogP contribution in [0.5, 0.6) is 0 Å². The maximum absolute atomic E-state index is 12.1. The fourth-order valence-electron chi connectivity index (χ4n) is 3.20. The number of rotatable bonds is 2. The molecule has 0 unspecified atom stereocenters. The Morgan fingerprint density at radius 3 is 2.42 bits per heavy atom. The van der Waals surface area contributed by atoms with Crippen LogP contribution in [0.1, 0.15) is 15.9 Å². The first-order valence-electron chi connectivity index (χ1n) is 8.28. The van der Waals surface area contributed by atoms with Crippen molar-refractivity contribution in [3.63, 3.8) is 0 Å². The summed E-state index contributed by atoms with van der Waals surface area (Å²) in [6.07, 6.45) is 0. The number of hydrogen-bond acceptors (Lipinski definition) is 3. The number of nitrogens with zero attached hydrogens (tertiary/aromatic N) is 3. The molecular weight excluding hydrogens is 328 g/mol. The van der Waals surface area contributed by atoms with E-state index in [0.29, 0.717) is 11.2 Å². The van der Waals surface area contributed by atoms with E-state index in [1.807, 2.05) is 55.5 Å². The van der Waals surface area contributed by atoms with Crippen molar-refractivity contribution < 1.29 is 4.79 Å². The zero-order valence-electron chi connectivity index (χ0n) is 14.8. The van der Waals surface area contributed by atoms with Crippen molar-refractivity contribution in [2.45, 2.75) is 6.92 Å².